The molecule has 22 nitrogen and oxygen atoms in total. The van der Waals surface area contributed by atoms with Gasteiger partial charge in [-0.25, -0.2) is 0 Å². The highest BCUT2D eigenvalue weighted by Gasteiger charge is 2.26. The summed E-state index contributed by atoms with van der Waals surface area (Å²) in [4.78, 5) is 114. The van der Waals surface area contributed by atoms with Crippen molar-refractivity contribution in [3.05, 3.63) is 35.9 Å². The Labute approximate surface area is 409 Å². The van der Waals surface area contributed by atoms with E-state index in [0.29, 0.717) is 37.8 Å². The third-order valence-corrected chi connectivity index (χ3v) is 10.9. The van der Waals surface area contributed by atoms with Crippen LogP contribution in [0.2, 0.25) is 0 Å². The van der Waals surface area contributed by atoms with Gasteiger partial charge >= 0.3 is 12.1 Å². The van der Waals surface area contributed by atoms with Crippen molar-refractivity contribution in [2.24, 2.45) is 17.3 Å². The van der Waals surface area contributed by atoms with Crippen LogP contribution in [0, 0.1) is 17.3 Å². The topological polar surface area (TPSA) is 311 Å². The van der Waals surface area contributed by atoms with Crippen LogP contribution in [-0.4, -0.2) is 154 Å². The summed E-state index contributed by atoms with van der Waals surface area (Å²) in [5.41, 5.74) is 1.37. The monoisotopic (exact) mass is 991 g/mol. The number of anilines is 1. The first-order valence-corrected chi connectivity index (χ1v) is 23.5. The predicted octanol–water partition coefficient (Wildman–Crippen LogP) is 2.03. The van der Waals surface area contributed by atoms with Crippen molar-refractivity contribution in [1.29, 1.82) is 0 Å². The van der Waals surface area contributed by atoms with E-state index in [1.165, 1.54) is 12.2 Å². The molecule has 392 valence electrons. The van der Waals surface area contributed by atoms with E-state index in [1.807, 2.05) is 6.07 Å². The lowest BCUT2D eigenvalue weighted by Gasteiger charge is -2.29. The third-order valence-electron chi connectivity index (χ3n) is 10.9. The van der Waals surface area contributed by atoms with Crippen LogP contribution in [0.4, 0.5) is 5.69 Å². The lowest BCUT2D eigenvalue weighted by molar-refractivity contribution is -0.192. The smallest absolute Gasteiger partial charge is 0.373 e. The van der Waals surface area contributed by atoms with Crippen molar-refractivity contribution in [2.45, 2.75) is 105 Å². The third kappa shape index (κ3) is 29.7. The normalized spacial score (nSPS) is 13.3. The number of carbonyl (C=O) groups excluding carboxylic acids is 9. The van der Waals surface area contributed by atoms with Crippen LogP contribution in [0.25, 0.3) is 0 Å². The van der Waals surface area contributed by atoms with Crippen LogP contribution in [0.3, 0.4) is 0 Å². The van der Waals surface area contributed by atoms with E-state index in [0.717, 1.165) is 23.3 Å². The number of phenolic OH excluding ortho intramolecular Hbond substituents is 1. The molecule has 0 aromatic heterocycles. The van der Waals surface area contributed by atoms with Gasteiger partial charge in [0.15, 0.2) is 0 Å². The molecule has 2 rings (SSSR count). The number of amides is 7. The summed E-state index contributed by atoms with van der Waals surface area (Å²) in [7, 11) is 0. The van der Waals surface area contributed by atoms with Gasteiger partial charge in [-0.05, 0) is 73.5 Å². The molecule has 1 aromatic carbocycles. The number of aliphatic carboxylic acids is 1. The molecule has 3 atom stereocenters. The molecule has 1 unspecified atom stereocenters. The maximum atomic E-state index is 13.6. The number of rotatable bonds is 36. The van der Waals surface area contributed by atoms with Crippen LogP contribution in [0.15, 0.2) is 30.4 Å². The minimum absolute atomic E-state index is 0.0282. The molecular weight excluding hydrogens is 917 g/mol. The van der Waals surface area contributed by atoms with Crippen LogP contribution in [0.1, 0.15) is 98.0 Å². The van der Waals surface area contributed by atoms with E-state index in [9.17, 15) is 43.5 Å². The van der Waals surface area contributed by atoms with E-state index >= 15 is 0 Å². The fourth-order valence-corrected chi connectivity index (χ4v) is 6.63. The van der Waals surface area contributed by atoms with Gasteiger partial charge < -0.3 is 55.7 Å². The second kappa shape index (κ2) is 36.0. The maximum Gasteiger partial charge on any atom is 0.373 e. The van der Waals surface area contributed by atoms with Crippen molar-refractivity contribution in [2.75, 3.05) is 84.4 Å². The van der Waals surface area contributed by atoms with E-state index in [-0.39, 0.29) is 133 Å². The average molecular weight is 991 g/mol. The maximum absolute atomic E-state index is 13.6. The molecule has 22 heteroatoms. The number of phenols is 1. The van der Waals surface area contributed by atoms with Gasteiger partial charge in [0.25, 0.3) is 11.8 Å². The first kappa shape index (κ1) is 62.0. The molecule has 7 N–H and O–H groups in total. The Balaban J connectivity index is 0.00000794. The predicted molar refractivity (Wildman–Crippen MR) is 253 cm³/mol. The second-order valence-electron chi connectivity index (χ2n) is 17.7. The Bertz CT molecular complexity index is 1860. The second-order valence-corrected chi connectivity index (χ2v) is 17.7. The highest BCUT2D eigenvalue weighted by Crippen LogP contribution is 2.33. The Morgan fingerprint density at radius 3 is 1.77 bits per heavy atom. The van der Waals surface area contributed by atoms with E-state index < -0.39 is 48.0 Å². The van der Waals surface area contributed by atoms with Gasteiger partial charge in [-0.1, -0.05) is 40.7 Å². The summed E-state index contributed by atoms with van der Waals surface area (Å²) < 4.78 is 21.5. The molecule has 0 spiro atoms. The highest BCUT2D eigenvalue weighted by atomic mass is 16.5. The number of carboxylic acid groups (broad SMARTS) is 1. The summed E-state index contributed by atoms with van der Waals surface area (Å²) in [5.74, 6) is -3.29. The number of nitrogens with one attached hydrogen (secondary N) is 5. The number of nitrogens with zero attached hydrogens (tertiary/aromatic N) is 1. The van der Waals surface area contributed by atoms with Gasteiger partial charge in [-0.2, -0.15) is 9.59 Å². The van der Waals surface area contributed by atoms with Crippen LogP contribution in [-0.2, 0) is 73.3 Å². The lowest BCUT2D eigenvalue weighted by Crippen LogP contribution is -2.44. The fourth-order valence-electron chi connectivity index (χ4n) is 6.63. The van der Waals surface area contributed by atoms with Crippen molar-refractivity contribution >= 4 is 59.2 Å². The molecule has 1 aliphatic heterocycles. The number of aromatic hydroxyl groups is 1. The Hall–Kier alpha value is -6.06. The molecule has 1 aromatic rings. The number of hydrogen-bond acceptors (Lipinski definition) is 15. The van der Waals surface area contributed by atoms with Crippen LogP contribution < -0.4 is 26.6 Å². The van der Waals surface area contributed by atoms with Crippen molar-refractivity contribution < 1.29 is 77.1 Å². The Morgan fingerprint density at radius 1 is 0.700 bits per heavy atom. The van der Waals surface area contributed by atoms with Crippen molar-refractivity contribution in [1.82, 2.24) is 26.2 Å². The minimum Gasteiger partial charge on any atom is -0.506 e. The van der Waals surface area contributed by atoms with Crippen LogP contribution in [0.5, 0.6) is 5.75 Å². The zero-order chi connectivity index (χ0) is 52.3. The minimum atomic E-state index is -1.20. The van der Waals surface area contributed by atoms with E-state index in [1.54, 1.807) is 12.1 Å². The van der Waals surface area contributed by atoms with Gasteiger partial charge in [0, 0.05) is 57.6 Å². The fraction of sp³-hybridized carbons (Fsp3) is 0.646. The molecule has 70 heavy (non-hydrogen) atoms. The summed E-state index contributed by atoms with van der Waals surface area (Å²) in [5, 5.41) is 32.7. The number of imide groups is 1. The molecule has 0 aliphatic carbocycles. The summed E-state index contributed by atoms with van der Waals surface area (Å²) >= 11 is 0. The van der Waals surface area contributed by atoms with Gasteiger partial charge in [0.2, 0.25) is 29.5 Å². The SMILES string of the molecule is CC(C[C@@H](C)Cc1ccc(O)c(NC(=O)[C@H](CCCCNC(=O)CCOCCOCCNC(=O)CCOCCOCCNC(=O)CC(=O)O)NC(=O)CCCN2C(=O)C=CC2=O)c1)C(C)(C)C.O=C=O. The number of benzene rings is 1. The number of hydrogen-bond donors (Lipinski definition) is 7. The first-order chi connectivity index (χ1) is 33.3. The molecule has 0 radical (unpaired) electrons. The molecule has 7 amide bonds. The van der Waals surface area contributed by atoms with Crippen molar-refractivity contribution in [3.63, 3.8) is 0 Å². The zero-order valence-electron chi connectivity index (χ0n) is 41.2. The molecular formula is C48H74N6O16. The highest BCUT2D eigenvalue weighted by molar-refractivity contribution is 6.12. The first-order valence-electron chi connectivity index (χ1n) is 23.5. The summed E-state index contributed by atoms with van der Waals surface area (Å²) in [6.45, 7) is 13.9. The number of carboxylic acids is 1. The number of unbranched alkanes of at least 4 members (excludes halogenated alkanes) is 1. The zero-order valence-corrected chi connectivity index (χ0v) is 41.2. The van der Waals surface area contributed by atoms with Gasteiger partial charge in [-0.15, -0.1) is 0 Å². The van der Waals surface area contributed by atoms with Gasteiger partial charge in [0.1, 0.15) is 18.2 Å². The van der Waals surface area contributed by atoms with E-state index in [2.05, 4.69) is 61.2 Å². The van der Waals surface area contributed by atoms with Crippen LogP contribution >= 0.6 is 0 Å². The molecule has 0 fully saturated rings. The van der Waals surface area contributed by atoms with Crippen molar-refractivity contribution in [3.8, 4) is 5.75 Å². The lowest BCUT2D eigenvalue weighted by atomic mass is 9.76. The molecule has 0 saturated carbocycles. The summed E-state index contributed by atoms with van der Waals surface area (Å²) in [6, 6.07) is 4.18. The number of ether oxygens (including phenoxy) is 4. The Morgan fingerprint density at radius 2 is 1.23 bits per heavy atom. The quantitative estimate of drug-likeness (QED) is 0.0219. The molecule has 1 aliphatic rings. The Kier molecular flexibility index (Phi) is 31.8. The summed E-state index contributed by atoms with van der Waals surface area (Å²) in [6.07, 6.45) is 5.47. The van der Waals surface area contributed by atoms with Gasteiger partial charge in [0.05, 0.1) is 58.5 Å². The molecule has 0 saturated heterocycles. The standard InChI is InChI=1S/C47H74N6O14.CO2/c1-33(29-34(2)47(3,4)5)30-35-11-12-38(54)37(31-35)52-46(63)36(51-41(57)10-8-20-53-43(59)13-14-44(53)60)9-6-7-17-48-39(55)15-21-64-25-27-66-23-18-49-40(56)16-22-65-26-28-67-24-19-50-42(58)32-45(61)62;2-1-3/h11-14,31,33-34,36,54H,6-10,15-30,32H2,1-5H3,(H,48,55)(H,49,56)(H,50,58)(H,51,57)(H,52,63)(H,61,62);/t33-,34?,36+;/m1./s1. The van der Waals surface area contributed by atoms with Gasteiger partial charge in [-0.3, -0.25) is 43.3 Å². The molecule has 1 heterocycles. The number of carbonyl (C=O) groups is 8. The average Bonchev–Trinajstić information content (AvgIpc) is 3.60. The van der Waals surface area contributed by atoms with E-state index in [4.69, 9.17) is 33.6 Å². The molecule has 0 bridgehead atoms. The largest absolute Gasteiger partial charge is 0.506 e.